The summed E-state index contributed by atoms with van der Waals surface area (Å²) >= 11 is 0. The quantitative estimate of drug-likeness (QED) is 0.524. The molecule has 1 fully saturated rings. The Bertz CT molecular complexity index is 140. The lowest BCUT2D eigenvalue weighted by Gasteiger charge is -2.18. The summed E-state index contributed by atoms with van der Waals surface area (Å²) in [5.74, 6) is 1.59. The fourth-order valence-electron chi connectivity index (χ4n) is 1.71. The Hall–Kier alpha value is -0.330. The van der Waals surface area contributed by atoms with Gasteiger partial charge < -0.3 is 0 Å². The van der Waals surface area contributed by atoms with E-state index in [0.29, 0.717) is 11.7 Å². The smallest absolute Gasteiger partial charge is 0.135 e. The first-order valence-corrected chi connectivity index (χ1v) is 4.73. The molecule has 1 aliphatic rings. The minimum atomic E-state index is 0.336. The summed E-state index contributed by atoms with van der Waals surface area (Å²) < 4.78 is 0. The molecule has 0 N–H and O–H groups in total. The summed E-state index contributed by atoms with van der Waals surface area (Å²) in [7, 11) is 0. The Kier molecular flexibility index (Phi) is 3.10. The molecule has 1 aliphatic carbocycles. The Morgan fingerprint density at radius 1 is 1.18 bits per heavy atom. The summed E-state index contributed by atoms with van der Waals surface area (Å²) in [4.78, 5) is 11.3. The molecule has 1 rings (SSSR count). The summed E-state index contributed by atoms with van der Waals surface area (Å²) in [6, 6.07) is 0. The van der Waals surface area contributed by atoms with Crippen molar-refractivity contribution in [1.82, 2.24) is 0 Å². The van der Waals surface area contributed by atoms with E-state index in [2.05, 4.69) is 13.8 Å². The van der Waals surface area contributed by atoms with Gasteiger partial charge in [-0.1, -0.05) is 26.7 Å². The third kappa shape index (κ3) is 2.64. The van der Waals surface area contributed by atoms with E-state index in [0.717, 1.165) is 25.2 Å². The lowest BCUT2D eigenvalue weighted by Crippen LogP contribution is -2.15. The van der Waals surface area contributed by atoms with Crippen molar-refractivity contribution in [3.63, 3.8) is 0 Å². The molecule has 0 aromatic heterocycles. The van der Waals surface area contributed by atoms with Gasteiger partial charge in [-0.2, -0.15) is 0 Å². The number of carbonyl (C=O) groups is 1. The normalized spacial score (nSPS) is 34.5. The SMILES string of the molecule is C[C@@H]1CCC[C@@H](C)C(=O)CC1. The number of ketones is 1. The average molecular weight is 154 g/mol. The van der Waals surface area contributed by atoms with Crippen LogP contribution in [0.15, 0.2) is 0 Å². The maximum absolute atomic E-state index is 11.3. The van der Waals surface area contributed by atoms with Gasteiger partial charge >= 0.3 is 0 Å². The third-order valence-electron chi connectivity index (χ3n) is 2.77. The van der Waals surface area contributed by atoms with Crippen LogP contribution in [0.3, 0.4) is 0 Å². The fourth-order valence-corrected chi connectivity index (χ4v) is 1.71. The van der Waals surface area contributed by atoms with Gasteiger partial charge in [0.15, 0.2) is 0 Å². The van der Waals surface area contributed by atoms with E-state index < -0.39 is 0 Å². The highest BCUT2D eigenvalue weighted by molar-refractivity contribution is 5.80. The third-order valence-corrected chi connectivity index (χ3v) is 2.77. The second kappa shape index (κ2) is 3.89. The van der Waals surface area contributed by atoms with Crippen molar-refractivity contribution < 1.29 is 4.79 Å². The molecule has 64 valence electrons. The number of rotatable bonds is 0. The molecule has 0 heterocycles. The van der Waals surface area contributed by atoms with E-state index in [-0.39, 0.29) is 0 Å². The molecule has 1 saturated carbocycles. The van der Waals surface area contributed by atoms with Crippen molar-refractivity contribution >= 4 is 5.78 Å². The standard InChI is InChI=1S/C10H18O/c1-8-4-3-5-9(2)10(11)7-6-8/h8-9H,3-7H2,1-2H3/t8-,9-/m1/s1. The van der Waals surface area contributed by atoms with Crippen LogP contribution in [0.4, 0.5) is 0 Å². The van der Waals surface area contributed by atoms with Crippen LogP contribution < -0.4 is 0 Å². The average Bonchev–Trinajstić information content (AvgIpc) is 1.98. The summed E-state index contributed by atoms with van der Waals surface area (Å²) in [6.07, 6.45) is 5.61. The molecule has 0 aromatic rings. The Labute approximate surface area is 69.2 Å². The van der Waals surface area contributed by atoms with E-state index in [4.69, 9.17) is 0 Å². The highest BCUT2D eigenvalue weighted by atomic mass is 16.1. The molecule has 0 saturated heterocycles. The Balaban J connectivity index is 2.41. The molecule has 0 bridgehead atoms. The van der Waals surface area contributed by atoms with Crippen molar-refractivity contribution in [2.75, 3.05) is 0 Å². The molecular weight excluding hydrogens is 136 g/mol. The number of carbonyl (C=O) groups excluding carboxylic acids is 1. The van der Waals surface area contributed by atoms with Crippen LogP contribution in [0, 0.1) is 11.8 Å². The molecule has 0 amide bonds. The largest absolute Gasteiger partial charge is 0.299 e. The number of Topliss-reactive ketones (excluding diaryl/α,β-unsaturated/α-hetero) is 1. The van der Waals surface area contributed by atoms with Crippen molar-refractivity contribution in [2.24, 2.45) is 11.8 Å². The van der Waals surface area contributed by atoms with Crippen molar-refractivity contribution in [3.8, 4) is 0 Å². The van der Waals surface area contributed by atoms with E-state index in [1.54, 1.807) is 0 Å². The molecule has 0 aromatic carbocycles. The second-order valence-electron chi connectivity index (χ2n) is 3.94. The molecule has 0 unspecified atom stereocenters. The van der Waals surface area contributed by atoms with Crippen LogP contribution in [-0.2, 0) is 4.79 Å². The van der Waals surface area contributed by atoms with Gasteiger partial charge in [0.05, 0.1) is 0 Å². The number of hydrogen-bond donors (Lipinski definition) is 0. The van der Waals surface area contributed by atoms with Crippen LogP contribution in [-0.4, -0.2) is 5.78 Å². The van der Waals surface area contributed by atoms with Gasteiger partial charge in [-0.25, -0.2) is 0 Å². The summed E-state index contributed by atoms with van der Waals surface area (Å²) in [5, 5.41) is 0. The first-order chi connectivity index (χ1) is 5.20. The van der Waals surface area contributed by atoms with Gasteiger partial charge in [0, 0.05) is 12.3 Å². The van der Waals surface area contributed by atoms with Gasteiger partial charge in [0.25, 0.3) is 0 Å². The van der Waals surface area contributed by atoms with Crippen molar-refractivity contribution in [1.29, 1.82) is 0 Å². The van der Waals surface area contributed by atoms with Gasteiger partial charge in [-0.05, 0) is 18.8 Å². The molecule has 1 heteroatoms. The highest BCUT2D eigenvalue weighted by Gasteiger charge is 2.17. The van der Waals surface area contributed by atoms with Crippen LogP contribution in [0.2, 0.25) is 0 Å². The molecule has 2 atom stereocenters. The summed E-state index contributed by atoms with van der Waals surface area (Å²) in [6.45, 7) is 4.32. The van der Waals surface area contributed by atoms with Gasteiger partial charge in [0.2, 0.25) is 0 Å². The Morgan fingerprint density at radius 2 is 1.91 bits per heavy atom. The summed E-state index contributed by atoms with van der Waals surface area (Å²) in [5.41, 5.74) is 0. The molecule has 11 heavy (non-hydrogen) atoms. The zero-order chi connectivity index (χ0) is 8.27. The molecule has 1 nitrogen and oxygen atoms in total. The molecule has 0 aliphatic heterocycles. The van der Waals surface area contributed by atoms with Gasteiger partial charge in [-0.3, -0.25) is 4.79 Å². The second-order valence-corrected chi connectivity index (χ2v) is 3.94. The van der Waals surface area contributed by atoms with Crippen molar-refractivity contribution in [2.45, 2.75) is 46.0 Å². The monoisotopic (exact) mass is 154 g/mol. The maximum Gasteiger partial charge on any atom is 0.135 e. The fraction of sp³-hybridized carbons (Fsp3) is 0.900. The zero-order valence-electron chi connectivity index (χ0n) is 7.60. The lowest BCUT2D eigenvalue weighted by molar-refractivity contribution is -0.123. The van der Waals surface area contributed by atoms with Crippen LogP contribution in [0.1, 0.15) is 46.0 Å². The predicted molar refractivity (Wildman–Crippen MR) is 46.4 cm³/mol. The highest BCUT2D eigenvalue weighted by Crippen LogP contribution is 2.22. The Morgan fingerprint density at radius 3 is 2.64 bits per heavy atom. The molecular formula is C10H18O. The van der Waals surface area contributed by atoms with E-state index in [9.17, 15) is 4.79 Å². The van der Waals surface area contributed by atoms with Gasteiger partial charge in [0.1, 0.15) is 5.78 Å². The minimum Gasteiger partial charge on any atom is -0.299 e. The van der Waals surface area contributed by atoms with Gasteiger partial charge in [-0.15, -0.1) is 0 Å². The molecule has 0 radical (unpaired) electrons. The number of hydrogen-bond acceptors (Lipinski definition) is 1. The van der Waals surface area contributed by atoms with Crippen LogP contribution in [0.5, 0.6) is 0 Å². The van der Waals surface area contributed by atoms with E-state index >= 15 is 0 Å². The van der Waals surface area contributed by atoms with Crippen molar-refractivity contribution in [3.05, 3.63) is 0 Å². The van der Waals surface area contributed by atoms with E-state index in [1.165, 1.54) is 12.8 Å². The molecule has 0 spiro atoms. The lowest BCUT2D eigenvalue weighted by atomic mass is 9.87. The topological polar surface area (TPSA) is 17.1 Å². The maximum atomic E-state index is 11.3. The minimum absolute atomic E-state index is 0.336. The van der Waals surface area contributed by atoms with E-state index in [1.807, 2.05) is 0 Å². The zero-order valence-corrected chi connectivity index (χ0v) is 7.60. The predicted octanol–water partition coefficient (Wildman–Crippen LogP) is 2.79. The van der Waals surface area contributed by atoms with Crippen LogP contribution >= 0.6 is 0 Å². The van der Waals surface area contributed by atoms with Crippen LogP contribution in [0.25, 0.3) is 0 Å². The first-order valence-electron chi connectivity index (χ1n) is 4.73. The first kappa shape index (κ1) is 8.76.